The largest absolute Gasteiger partial charge is 0.480 e. The highest BCUT2D eigenvalue weighted by atomic mass is 16.6. The lowest BCUT2D eigenvalue weighted by Crippen LogP contribution is -2.46. The predicted molar refractivity (Wildman–Crippen MR) is 77.8 cm³/mol. The summed E-state index contributed by atoms with van der Waals surface area (Å²) in [4.78, 5) is 24.7. The fourth-order valence-corrected chi connectivity index (χ4v) is 2.89. The number of carboxylic acid groups (broad SMARTS) is 1. The van der Waals surface area contributed by atoms with Crippen LogP contribution >= 0.6 is 0 Å². The molecule has 0 spiro atoms. The lowest BCUT2D eigenvalue weighted by atomic mass is 9.97. The smallest absolute Gasteiger partial charge is 0.410 e. The van der Waals surface area contributed by atoms with Crippen molar-refractivity contribution in [2.24, 2.45) is 5.92 Å². The molecular formula is C16H21NO4. The van der Waals surface area contributed by atoms with Gasteiger partial charge in [0.05, 0.1) is 0 Å². The Balaban J connectivity index is 1.94. The summed E-state index contributed by atoms with van der Waals surface area (Å²) in [5.74, 6) is -0.933. The van der Waals surface area contributed by atoms with Gasteiger partial charge in [-0.25, -0.2) is 9.59 Å². The first-order valence-electron chi connectivity index (χ1n) is 7.26. The molecular weight excluding hydrogens is 270 g/mol. The minimum Gasteiger partial charge on any atom is -0.480 e. The highest BCUT2D eigenvalue weighted by molar-refractivity contribution is 5.80. The zero-order valence-corrected chi connectivity index (χ0v) is 12.2. The predicted octanol–water partition coefficient (Wildman–Crippen LogP) is 2.90. The molecule has 1 aromatic carbocycles. The average Bonchev–Trinajstić information content (AvgIpc) is 2.99. The molecule has 1 atom stereocenters. The number of ether oxygens (including phenoxy) is 1. The summed E-state index contributed by atoms with van der Waals surface area (Å²) >= 11 is 0. The monoisotopic (exact) mass is 291 g/mol. The number of hydrogen-bond acceptors (Lipinski definition) is 3. The summed E-state index contributed by atoms with van der Waals surface area (Å²) < 4.78 is 5.20. The van der Waals surface area contributed by atoms with Gasteiger partial charge in [0.15, 0.2) is 0 Å². The lowest BCUT2D eigenvalue weighted by molar-refractivity contribution is -0.144. The Labute approximate surface area is 124 Å². The van der Waals surface area contributed by atoms with Crippen molar-refractivity contribution >= 4 is 12.1 Å². The molecule has 0 radical (unpaired) electrons. The first kappa shape index (κ1) is 15.4. The Hall–Kier alpha value is -2.04. The van der Waals surface area contributed by atoms with E-state index in [1.807, 2.05) is 30.3 Å². The third-order valence-electron chi connectivity index (χ3n) is 4.01. The fraction of sp³-hybridized carbons (Fsp3) is 0.500. The van der Waals surface area contributed by atoms with Crippen molar-refractivity contribution in [2.45, 2.75) is 38.3 Å². The highest BCUT2D eigenvalue weighted by Crippen LogP contribution is 2.30. The summed E-state index contributed by atoms with van der Waals surface area (Å²) in [5.41, 5.74) is 0.881. The number of nitrogens with zero attached hydrogens (tertiary/aromatic N) is 1. The van der Waals surface area contributed by atoms with Gasteiger partial charge in [0, 0.05) is 7.05 Å². The van der Waals surface area contributed by atoms with E-state index in [2.05, 4.69) is 0 Å². The SMILES string of the molecule is CN(C(=O)OCc1ccccc1)[C@H](C(=O)O)C1CCCC1. The molecule has 1 fully saturated rings. The van der Waals surface area contributed by atoms with Gasteiger partial charge in [-0.1, -0.05) is 43.2 Å². The number of carboxylic acids is 1. The van der Waals surface area contributed by atoms with E-state index in [9.17, 15) is 14.7 Å². The molecule has 1 aromatic rings. The van der Waals surface area contributed by atoms with E-state index in [1.54, 1.807) is 0 Å². The van der Waals surface area contributed by atoms with Crippen LogP contribution in [0, 0.1) is 5.92 Å². The maximum atomic E-state index is 12.1. The van der Waals surface area contributed by atoms with Crippen molar-refractivity contribution in [3.05, 3.63) is 35.9 Å². The van der Waals surface area contributed by atoms with E-state index in [1.165, 1.54) is 11.9 Å². The number of likely N-dealkylation sites (N-methyl/N-ethyl adjacent to an activating group) is 1. The second-order valence-electron chi connectivity index (χ2n) is 5.48. The number of benzene rings is 1. The minimum absolute atomic E-state index is 0.0248. The van der Waals surface area contributed by atoms with Gasteiger partial charge in [-0.3, -0.25) is 4.90 Å². The summed E-state index contributed by atoms with van der Waals surface area (Å²) in [6.07, 6.45) is 3.18. The third-order valence-corrected chi connectivity index (χ3v) is 4.01. The van der Waals surface area contributed by atoms with Crippen LogP contribution in [0.15, 0.2) is 30.3 Å². The lowest BCUT2D eigenvalue weighted by Gasteiger charge is -2.28. The topological polar surface area (TPSA) is 66.8 Å². The molecule has 0 saturated heterocycles. The maximum absolute atomic E-state index is 12.1. The molecule has 1 aliphatic rings. The van der Waals surface area contributed by atoms with Crippen molar-refractivity contribution in [3.63, 3.8) is 0 Å². The van der Waals surface area contributed by atoms with E-state index in [-0.39, 0.29) is 12.5 Å². The number of hydrogen-bond donors (Lipinski definition) is 1. The minimum atomic E-state index is -0.957. The molecule has 0 bridgehead atoms. The van der Waals surface area contributed by atoms with Crippen molar-refractivity contribution < 1.29 is 19.4 Å². The van der Waals surface area contributed by atoms with E-state index in [0.29, 0.717) is 0 Å². The summed E-state index contributed by atoms with van der Waals surface area (Å²) in [7, 11) is 1.50. The third kappa shape index (κ3) is 3.97. The van der Waals surface area contributed by atoms with Crippen LogP contribution in [0.4, 0.5) is 4.79 Å². The Morgan fingerprint density at radius 2 is 1.90 bits per heavy atom. The Kier molecular flexibility index (Phi) is 5.20. The summed E-state index contributed by atoms with van der Waals surface area (Å²) in [5, 5.41) is 9.39. The van der Waals surface area contributed by atoms with Crippen LogP contribution in [-0.2, 0) is 16.1 Å². The first-order chi connectivity index (χ1) is 10.1. The zero-order chi connectivity index (χ0) is 15.2. The van der Waals surface area contributed by atoms with Crippen LogP contribution in [0.5, 0.6) is 0 Å². The van der Waals surface area contributed by atoms with E-state index in [4.69, 9.17) is 4.74 Å². The molecule has 0 aromatic heterocycles. The molecule has 1 aliphatic carbocycles. The molecule has 114 valence electrons. The van der Waals surface area contributed by atoms with Gasteiger partial charge in [-0.05, 0) is 24.3 Å². The van der Waals surface area contributed by atoms with Gasteiger partial charge in [0.25, 0.3) is 0 Å². The number of carbonyl (C=O) groups is 2. The summed E-state index contributed by atoms with van der Waals surface area (Å²) in [6.45, 7) is 0.154. The second kappa shape index (κ2) is 7.11. The van der Waals surface area contributed by atoms with Crippen molar-refractivity contribution in [1.29, 1.82) is 0 Å². The van der Waals surface area contributed by atoms with Gasteiger partial charge in [0.2, 0.25) is 0 Å². The molecule has 5 nitrogen and oxygen atoms in total. The van der Waals surface area contributed by atoms with Gasteiger partial charge in [-0.15, -0.1) is 0 Å². The number of amides is 1. The van der Waals surface area contributed by atoms with Gasteiger partial charge in [-0.2, -0.15) is 0 Å². The van der Waals surface area contributed by atoms with Crippen molar-refractivity contribution in [3.8, 4) is 0 Å². The van der Waals surface area contributed by atoms with Crippen LogP contribution < -0.4 is 0 Å². The standard InChI is InChI=1S/C16H21NO4/c1-17(14(15(18)19)13-9-5-6-10-13)16(20)21-11-12-7-3-2-4-8-12/h2-4,7-8,13-14H,5-6,9-11H2,1H3,(H,18,19)/t14-/m0/s1. The van der Waals surface area contributed by atoms with Crippen molar-refractivity contribution in [1.82, 2.24) is 4.90 Å². The Morgan fingerprint density at radius 3 is 2.48 bits per heavy atom. The zero-order valence-electron chi connectivity index (χ0n) is 12.2. The number of rotatable bonds is 5. The molecule has 21 heavy (non-hydrogen) atoms. The Bertz CT molecular complexity index is 482. The molecule has 1 N–H and O–H groups in total. The average molecular weight is 291 g/mol. The van der Waals surface area contributed by atoms with Crippen molar-refractivity contribution in [2.75, 3.05) is 7.05 Å². The summed E-state index contributed by atoms with van der Waals surface area (Å²) in [6, 6.07) is 8.54. The normalized spacial score (nSPS) is 16.4. The molecule has 5 heteroatoms. The van der Waals surface area contributed by atoms with E-state index < -0.39 is 18.1 Å². The van der Waals surface area contributed by atoms with Gasteiger partial charge >= 0.3 is 12.1 Å². The maximum Gasteiger partial charge on any atom is 0.410 e. The number of aliphatic carboxylic acids is 1. The van der Waals surface area contributed by atoms with E-state index in [0.717, 1.165) is 31.2 Å². The van der Waals surface area contributed by atoms with Crippen LogP contribution in [0.25, 0.3) is 0 Å². The molecule has 0 unspecified atom stereocenters. The van der Waals surface area contributed by atoms with Crippen LogP contribution in [0.1, 0.15) is 31.2 Å². The molecule has 0 heterocycles. The van der Waals surface area contributed by atoms with E-state index >= 15 is 0 Å². The van der Waals surface area contributed by atoms with Crippen LogP contribution in [-0.4, -0.2) is 35.2 Å². The highest BCUT2D eigenvalue weighted by Gasteiger charge is 2.36. The van der Waals surface area contributed by atoms with Gasteiger partial charge < -0.3 is 9.84 Å². The van der Waals surface area contributed by atoms with Crippen LogP contribution in [0.2, 0.25) is 0 Å². The molecule has 1 saturated carbocycles. The number of carbonyl (C=O) groups excluding carboxylic acids is 1. The quantitative estimate of drug-likeness (QED) is 0.905. The molecule has 2 rings (SSSR count). The Morgan fingerprint density at radius 1 is 1.29 bits per heavy atom. The second-order valence-corrected chi connectivity index (χ2v) is 5.48. The van der Waals surface area contributed by atoms with Crippen LogP contribution in [0.3, 0.4) is 0 Å². The first-order valence-corrected chi connectivity index (χ1v) is 7.26. The molecule has 0 aliphatic heterocycles. The molecule has 1 amide bonds. The van der Waals surface area contributed by atoms with Gasteiger partial charge in [0.1, 0.15) is 12.6 Å². The fourth-order valence-electron chi connectivity index (χ4n) is 2.89.